The van der Waals surface area contributed by atoms with E-state index in [0.717, 1.165) is 37.6 Å². The summed E-state index contributed by atoms with van der Waals surface area (Å²) in [7, 11) is -3.64. The lowest BCUT2D eigenvalue weighted by Crippen LogP contribution is -2.50. The van der Waals surface area contributed by atoms with Crippen molar-refractivity contribution < 1.29 is 8.42 Å². The Bertz CT molecular complexity index is 782. The zero-order valence-corrected chi connectivity index (χ0v) is 18.5. The maximum Gasteiger partial charge on any atom is 0.238 e. The van der Waals surface area contributed by atoms with Crippen molar-refractivity contribution in [2.75, 3.05) is 26.2 Å². The Hall–Kier alpha value is -1.60. The lowest BCUT2D eigenvalue weighted by atomic mass is 9.74. The second-order valence-electron chi connectivity index (χ2n) is 8.61. The van der Waals surface area contributed by atoms with Crippen molar-refractivity contribution in [3.63, 3.8) is 0 Å². The third-order valence-electron chi connectivity index (χ3n) is 6.37. The maximum absolute atomic E-state index is 11.4. The number of nitrogens with two attached hydrogens (primary N) is 1. The van der Waals surface area contributed by atoms with Gasteiger partial charge in [0.25, 0.3) is 0 Å². The van der Waals surface area contributed by atoms with E-state index in [1.54, 1.807) is 12.1 Å². The van der Waals surface area contributed by atoms with Crippen molar-refractivity contribution in [1.82, 2.24) is 10.2 Å². The van der Waals surface area contributed by atoms with E-state index < -0.39 is 10.0 Å². The Morgan fingerprint density at radius 1 is 1.10 bits per heavy atom. The molecule has 0 aromatic heterocycles. The number of nitrogens with zero attached hydrogens (tertiary/aromatic N) is 2. The number of benzene rings is 1. The van der Waals surface area contributed by atoms with Gasteiger partial charge < -0.3 is 10.2 Å². The van der Waals surface area contributed by atoms with E-state index >= 15 is 0 Å². The predicted octanol–water partition coefficient (Wildman–Crippen LogP) is 3.28. The molecule has 0 atom stereocenters. The van der Waals surface area contributed by atoms with Crippen LogP contribution in [0.5, 0.6) is 0 Å². The Morgan fingerprint density at radius 2 is 1.76 bits per heavy atom. The van der Waals surface area contributed by atoms with Gasteiger partial charge in [0.1, 0.15) is 0 Å². The SMILES string of the molecule is CCNC(=NCCc1ccc(S(N)(=O)=O)cc1)N1CCCC2(CCCCCC2)C1. The Kier molecular flexibility index (Phi) is 7.57. The van der Waals surface area contributed by atoms with Crippen LogP contribution in [0.2, 0.25) is 0 Å². The minimum absolute atomic E-state index is 0.153. The highest BCUT2D eigenvalue weighted by Gasteiger charge is 2.36. The van der Waals surface area contributed by atoms with Crippen LogP contribution in [0.3, 0.4) is 0 Å². The standard InChI is InChI=1S/C22H36N4O2S/c1-2-24-21(25-16-12-19-8-10-20(11-9-19)29(23,27)28)26-17-7-15-22(18-26)13-5-3-4-6-14-22/h8-11H,2-7,12-18H2,1H3,(H,24,25)(H2,23,27,28). The number of likely N-dealkylation sites (tertiary alicyclic amines) is 1. The lowest BCUT2D eigenvalue weighted by Gasteiger charge is -2.44. The molecule has 1 saturated heterocycles. The molecule has 3 rings (SSSR count). The van der Waals surface area contributed by atoms with Crippen molar-refractivity contribution in [3.05, 3.63) is 29.8 Å². The first kappa shape index (κ1) is 22.1. The summed E-state index contributed by atoms with van der Waals surface area (Å²) in [5.41, 5.74) is 1.55. The zero-order valence-electron chi connectivity index (χ0n) is 17.7. The molecule has 1 saturated carbocycles. The third-order valence-corrected chi connectivity index (χ3v) is 7.30. The van der Waals surface area contributed by atoms with Crippen LogP contribution < -0.4 is 10.5 Å². The quantitative estimate of drug-likeness (QED) is 0.565. The number of nitrogens with one attached hydrogen (secondary N) is 1. The van der Waals surface area contributed by atoms with Gasteiger partial charge >= 0.3 is 0 Å². The number of primary sulfonamides is 1. The summed E-state index contributed by atoms with van der Waals surface area (Å²) in [6.07, 6.45) is 11.6. The average Bonchev–Trinajstić information content (AvgIpc) is 2.92. The summed E-state index contributed by atoms with van der Waals surface area (Å²) in [5.74, 6) is 1.02. The molecule has 1 aromatic rings. The van der Waals surface area contributed by atoms with E-state index in [1.807, 2.05) is 12.1 Å². The minimum atomic E-state index is -3.64. The molecule has 29 heavy (non-hydrogen) atoms. The van der Waals surface area contributed by atoms with Crippen molar-refractivity contribution in [2.45, 2.75) is 69.6 Å². The molecule has 1 spiro atoms. The molecule has 6 nitrogen and oxygen atoms in total. The van der Waals surface area contributed by atoms with Gasteiger partial charge in [-0.1, -0.05) is 37.8 Å². The van der Waals surface area contributed by atoms with Crippen molar-refractivity contribution >= 4 is 16.0 Å². The fourth-order valence-electron chi connectivity index (χ4n) is 4.84. The highest BCUT2D eigenvalue weighted by atomic mass is 32.2. The van der Waals surface area contributed by atoms with E-state index in [1.165, 1.54) is 51.4 Å². The summed E-state index contributed by atoms with van der Waals surface area (Å²) in [4.78, 5) is 7.52. The third kappa shape index (κ3) is 6.19. The number of hydrogen-bond donors (Lipinski definition) is 2. The normalized spacial score (nSPS) is 20.5. The van der Waals surface area contributed by atoms with Gasteiger partial charge in [-0.05, 0) is 62.1 Å². The molecular formula is C22H36N4O2S. The first-order valence-corrected chi connectivity index (χ1v) is 12.6. The fraction of sp³-hybridized carbons (Fsp3) is 0.682. The highest BCUT2D eigenvalue weighted by molar-refractivity contribution is 7.89. The molecule has 0 amide bonds. The van der Waals surface area contributed by atoms with Gasteiger partial charge in [0.15, 0.2) is 5.96 Å². The monoisotopic (exact) mass is 420 g/mol. The molecule has 162 valence electrons. The Labute approximate surface area is 176 Å². The summed E-state index contributed by atoms with van der Waals surface area (Å²) >= 11 is 0. The number of guanidine groups is 1. The van der Waals surface area contributed by atoms with Crippen LogP contribution in [0.25, 0.3) is 0 Å². The molecule has 7 heteroatoms. The van der Waals surface area contributed by atoms with Gasteiger partial charge in [-0.25, -0.2) is 13.6 Å². The molecule has 2 aliphatic rings. The second kappa shape index (κ2) is 9.94. The van der Waals surface area contributed by atoms with Gasteiger partial charge in [0.2, 0.25) is 10.0 Å². The molecule has 1 aliphatic carbocycles. The van der Waals surface area contributed by atoms with Gasteiger partial charge in [-0.3, -0.25) is 4.99 Å². The Morgan fingerprint density at radius 3 is 2.38 bits per heavy atom. The molecule has 1 aromatic carbocycles. The summed E-state index contributed by atoms with van der Waals surface area (Å²) in [6, 6.07) is 6.78. The van der Waals surface area contributed by atoms with Gasteiger partial charge in [0.05, 0.1) is 4.90 Å². The van der Waals surface area contributed by atoms with Crippen LogP contribution in [0.1, 0.15) is 63.9 Å². The number of hydrogen-bond acceptors (Lipinski definition) is 3. The number of aliphatic imine (C=N–C) groups is 1. The van der Waals surface area contributed by atoms with Gasteiger partial charge in [-0.15, -0.1) is 0 Å². The van der Waals surface area contributed by atoms with E-state index in [0.29, 0.717) is 12.0 Å². The number of rotatable bonds is 5. The summed E-state index contributed by atoms with van der Waals surface area (Å²) in [5, 5.41) is 8.65. The van der Waals surface area contributed by atoms with Crippen LogP contribution in [0.15, 0.2) is 34.2 Å². The predicted molar refractivity (Wildman–Crippen MR) is 118 cm³/mol. The van der Waals surface area contributed by atoms with E-state index in [2.05, 4.69) is 17.1 Å². The second-order valence-corrected chi connectivity index (χ2v) is 10.2. The van der Waals surface area contributed by atoms with E-state index in [4.69, 9.17) is 10.1 Å². The summed E-state index contributed by atoms with van der Waals surface area (Å²) < 4.78 is 22.8. The highest BCUT2D eigenvalue weighted by Crippen LogP contribution is 2.42. The van der Waals surface area contributed by atoms with E-state index in [9.17, 15) is 8.42 Å². The van der Waals surface area contributed by atoms with Crippen LogP contribution in [-0.4, -0.2) is 45.5 Å². The molecule has 0 radical (unpaired) electrons. The average molecular weight is 421 g/mol. The van der Waals surface area contributed by atoms with Crippen molar-refractivity contribution in [3.8, 4) is 0 Å². The lowest BCUT2D eigenvalue weighted by molar-refractivity contribution is 0.115. The fourth-order valence-corrected chi connectivity index (χ4v) is 5.35. The largest absolute Gasteiger partial charge is 0.357 e. The van der Waals surface area contributed by atoms with E-state index in [-0.39, 0.29) is 4.90 Å². The Balaban J connectivity index is 1.63. The van der Waals surface area contributed by atoms with Gasteiger partial charge in [-0.2, -0.15) is 0 Å². The molecule has 0 unspecified atom stereocenters. The maximum atomic E-state index is 11.4. The van der Waals surface area contributed by atoms with Crippen LogP contribution in [0.4, 0.5) is 0 Å². The van der Waals surface area contributed by atoms with Crippen molar-refractivity contribution in [2.24, 2.45) is 15.5 Å². The molecule has 0 bridgehead atoms. The number of piperidine rings is 1. The molecule has 1 aliphatic heterocycles. The first-order chi connectivity index (χ1) is 13.9. The van der Waals surface area contributed by atoms with Crippen LogP contribution >= 0.6 is 0 Å². The first-order valence-electron chi connectivity index (χ1n) is 11.1. The van der Waals surface area contributed by atoms with Crippen molar-refractivity contribution in [1.29, 1.82) is 0 Å². The molecule has 3 N–H and O–H groups in total. The summed E-state index contributed by atoms with van der Waals surface area (Å²) in [6.45, 7) is 5.87. The zero-order chi connectivity index (χ0) is 20.7. The smallest absolute Gasteiger partial charge is 0.238 e. The molecule has 1 heterocycles. The topological polar surface area (TPSA) is 87.8 Å². The minimum Gasteiger partial charge on any atom is -0.357 e. The van der Waals surface area contributed by atoms with Crippen LogP contribution in [0, 0.1) is 5.41 Å². The molecule has 2 fully saturated rings. The molecular weight excluding hydrogens is 384 g/mol. The van der Waals surface area contributed by atoms with Crippen LogP contribution in [-0.2, 0) is 16.4 Å². The number of sulfonamides is 1. The van der Waals surface area contributed by atoms with Gasteiger partial charge in [0, 0.05) is 26.2 Å².